The maximum Gasteiger partial charge on any atom is 0.253 e. The van der Waals surface area contributed by atoms with Gasteiger partial charge in [-0.25, -0.2) is 9.97 Å². The zero-order valence-electron chi connectivity index (χ0n) is 17.2. The Morgan fingerprint density at radius 3 is 2.83 bits per heavy atom. The predicted octanol–water partition coefficient (Wildman–Crippen LogP) is 3.89. The number of hydrogen-bond acceptors (Lipinski definition) is 6. The Balaban J connectivity index is 1.47. The summed E-state index contributed by atoms with van der Waals surface area (Å²) in [6.07, 6.45) is 3.10. The second-order valence-corrected chi connectivity index (χ2v) is 7.37. The molecule has 4 rings (SSSR count). The number of carbonyl (C=O) groups is 1. The molecule has 1 atom stereocenters. The average molecular weight is 403 g/mol. The Kier molecular flexibility index (Phi) is 5.99. The molecule has 0 radical (unpaired) electrons. The van der Waals surface area contributed by atoms with Crippen molar-refractivity contribution in [3.05, 3.63) is 65.5 Å². The van der Waals surface area contributed by atoms with Crippen LogP contribution in [0.3, 0.4) is 0 Å². The Labute approximate surface area is 175 Å². The molecule has 1 aromatic carbocycles. The molecule has 2 N–H and O–H groups in total. The van der Waals surface area contributed by atoms with Crippen LogP contribution in [0.25, 0.3) is 11.5 Å². The van der Waals surface area contributed by atoms with Crippen LogP contribution in [0.5, 0.6) is 0 Å². The van der Waals surface area contributed by atoms with E-state index >= 15 is 0 Å². The van der Waals surface area contributed by atoms with Crippen molar-refractivity contribution in [1.29, 1.82) is 0 Å². The molecule has 154 valence electrons. The Hall–Kier alpha value is -3.32. The van der Waals surface area contributed by atoms with Gasteiger partial charge in [0.05, 0.1) is 0 Å². The van der Waals surface area contributed by atoms with E-state index in [1.165, 1.54) is 0 Å². The monoisotopic (exact) mass is 403 g/mol. The van der Waals surface area contributed by atoms with Gasteiger partial charge in [0, 0.05) is 36.3 Å². The number of carbonyl (C=O) groups excluding carboxylic acids is 1. The van der Waals surface area contributed by atoms with Crippen LogP contribution in [0, 0.1) is 13.8 Å². The van der Waals surface area contributed by atoms with E-state index in [1.807, 2.05) is 56.3 Å². The molecule has 1 aliphatic heterocycles. The summed E-state index contributed by atoms with van der Waals surface area (Å²) < 4.78 is 5.45. The molecular weight excluding hydrogens is 378 g/mol. The van der Waals surface area contributed by atoms with Crippen molar-refractivity contribution in [2.45, 2.75) is 39.3 Å². The molecule has 0 saturated carbocycles. The highest BCUT2D eigenvalue weighted by molar-refractivity contribution is 5.94. The molecule has 1 fully saturated rings. The summed E-state index contributed by atoms with van der Waals surface area (Å²) in [7, 11) is 0. The second kappa shape index (κ2) is 9.00. The number of ether oxygens (including phenoxy) is 1. The second-order valence-electron chi connectivity index (χ2n) is 7.37. The van der Waals surface area contributed by atoms with E-state index in [0.717, 1.165) is 46.9 Å². The third-order valence-electron chi connectivity index (χ3n) is 5.16. The summed E-state index contributed by atoms with van der Waals surface area (Å²) in [5.74, 6) is 1.29. The first-order valence-electron chi connectivity index (χ1n) is 10.1. The van der Waals surface area contributed by atoms with E-state index in [-0.39, 0.29) is 12.0 Å². The number of aromatic nitrogens is 3. The number of anilines is 2. The minimum Gasteiger partial charge on any atom is -0.368 e. The third kappa shape index (κ3) is 4.63. The van der Waals surface area contributed by atoms with Gasteiger partial charge in [-0.1, -0.05) is 18.2 Å². The average Bonchev–Trinajstić information content (AvgIpc) is 3.31. The first-order chi connectivity index (χ1) is 14.6. The minimum absolute atomic E-state index is 0.0834. The van der Waals surface area contributed by atoms with Crippen LogP contribution in [0.4, 0.5) is 11.5 Å². The Morgan fingerprint density at radius 2 is 2.07 bits per heavy atom. The van der Waals surface area contributed by atoms with Crippen LogP contribution in [0.15, 0.2) is 48.7 Å². The van der Waals surface area contributed by atoms with Crippen molar-refractivity contribution in [3.8, 4) is 11.5 Å². The lowest BCUT2D eigenvalue weighted by atomic mass is 10.1. The molecule has 3 aromatic rings. The first-order valence-corrected chi connectivity index (χ1v) is 10.1. The lowest BCUT2D eigenvalue weighted by Crippen LogP contribution is -2.26. The van der Waals surface area contributed by atoms with Crippen molar-refractivity contribution < 1.29 is 9.53 Å². The number of nitrogens with one attached hydrogen (secondary N) is 2. The van der Waals surface area contributed by atoms with Crippen molar-refractivity contribution in [2.24, 2.45) is 0 Å². The van der Waals surface area contributed by atoms with Crippen molar-refractivity contribution >= 4 is 17.4 Å². The lowest BCUT2D eigenvalue weighted by Gasteiger charge is -2.14. The van der Waals surface area contributed by atoms with Crippen LogP contribution in [0.1, 0.15) is 29.7 Å². The van der Waals surface area contributed by atoms with Crippen molar-refractivity contribution in [2.75, 3.05) is 17.2 Å². The topological polar surface area (TPSA) is 89.0 Å². The maximum absolute atomic E-state index is 12.3. The SMILES string of the molecule is Cc1nc(-c2ccccn2)nc(NCc2cccc(NC(=O)C3CCCO3)c2)c1C. The minimum atomic E-state index is -0.344. The quantitative estimate of drug-likeness (QED) is 0.649. The van der Waals surface area contributed by atoms with Crippen LogP contribution in [-0.4, -0.2) is 33.6 Å². The molecule has 0 spiro atoms. The van der Waals surface area contributed by atoms with Crippen LogP contribution in [-0.2, 0) is 16.1 Å². The summed E-state index contributed by atoms with van der Waals surface area (Å²) in [6.45, 7) is 5.19. The van der Waals surface area contributed by atoms with Crippen LogP contribution in [0.2, 0.25) is 0 Å². The molecule has 0 aliphatic carbocycles. The molecule has 7 heteroatoms. The standard InChI is InChI=1S/C23H25N5O2/c1-15-16(2)26-22(19-9-3-4-11-24-19)28-21(15)25-14-17-7-5-8-18(13-17)27-23(29)20-10-6-12-30-20/h3-5,7-9,11,13,20H,6,10,12,14H2,1-2H3,(H,27,29)(H,25,26,28). The van der Waals surface area contributed by atoms with Gasteiger partial charge in [0.15, 0.2) is 5.82 Å². The number of pyridine rings is 1. The number of nitrogens with zero attached hydrogens (tertiary/aromatic N) is 3. The normalized spacial score (nSPS) is 15.7. The van der Waals surface area contributed by atoms with E-state index < -0.39 is 0 Å². The number of rotatable bonds is 6. The molecule has 1 aliphatic rings. The fraction of sp³-hybridized carbons (Fsp3) is 0.304. The van der Waals surface area contributed by atoms with Gasteiger partial charge < -0.3 is 15.4 Å². The van der Waals surface area contributed by atoms with Gasteiger partial charge in [-0.3, -0.25) is 9.78 Å². The fourth-order valence-electron chi connectivity index (χ4n) is 3.36. The number of aryl methyl sites for hydroxylation is 1. The van der Waals surface area contributed by atoms with Crippen molar-refractivity contribution in [1.82, 2.24) is 15.0 Å². The van der Waals surface area contributed by atoms with Gasteiger partial charge in [0.2, 0.25) is 0 Å². The highest BCUT2D eigenvalue weighted by Gasteiger charge is 2.23. The van der Waals surface area contributed by atoms with E-state index in [1.54, 1.807) is 6.20 Å². The van der Waals surface area contributed by atoms with Gasteiger partial charge in [-0.05, 0) is 56.5 Å². The molecule has 0 bridgehead atoms. The smallest absolute Gasteiger partial charge is 0.253 e. The molecule has 2 aromatic heterocycles. The predicted molar refractivity (Wildman–Crippen MR) is 116 cm³/mol. The van der Waals surface area contributed by atoms with E-state index in [2.05, 4.69) is 25.6 Å². The van der Waals surface area contributed by atoms with Gasteiger partial charge in [-0.15, -0.1) is 0 Å². The molecule has 7 nitrogen and oxygen atoms in total. The van der Waals surface area contributed by atoms with Crippen molar-refractivity contribution in [3.63, 3.8) is 0 Å². The molecule has 30 heavy (non-hydrogen) atoms. The largest absolute Gasteiger partial charge is 0.368 e. The van der Waals surface area contributed by atoms with Gasteiger partial charge in [0.1, 0.15) is 17.6 Å². The first kappa shape index (κ1) is 20.0. The Morgan fingerprint density at radius 1 is 1.17 bits per heavy atom. The number of hydrogen-bond donors (Lipinski definition) is 2. The molecule has 1 unspecified atom stereocenters. The van der Waals surface area contributed by atoms with Crippen LogP contribution >= 0.6 is 0 Å². The summed E-state index contributed by atoms with van der Waals surface area (Å²) in [6, 6.07) is 13.5. The lowest BCUT2D eigenvalue weighted by molar-refractivity contribution is -0.124. The van der Waals surface area contributed by atoms with E-state index in [0.29, 0.717) is 19.0 Å². The van der Waals surface area contributed by atoms with Gasteiger partial charge in [-0.2, -0.15) is 0 Å². The third-order valence-corrected chi connectivity index (χ3v) is 5.16. The number of amides is 1. The molecule has 3 heterocycles. The highest BCUT2D eigenvalue weighted by Crippen LogP contribution is 2.22. The summed E-state index contributed by atoms with van der Waals surface area (Å²) >= 11 is 0. The van der Waals surface area contributed by atoms with Gasteiger partial charge >= 0.3 is 0 Å². The highest BCUT2D eigenvalue weighted by atomic mass is 16.5. The number of benzene rings is 1. The van der Waals surface area contributed by atoms with Gasteiger partial charge in [0.25, 0.3) is 5.91 Å². The maximum atomic E-state index is 12.3. The molecule has 1 amide bonds. The van der Waals surface area contributed by atoms with E-state index in [9.17, 15) is 4.79 Å². The fourth-order valence-corrected chi connectivity index (χ4v) is 3.36. The van der Waals surface area contributed by atoms with E-state index in [4.69, 9.17) is 4.74 Å². The molecular formula is C23H25N5O2. The Bertz CT molecular complexity index is 1030. The zero-order chi connectivity index (χ0) is 20.9. The summed E-state index contributed by atoms with van der Waals surface area (Å²) in [4.78, 5) is 25.9. The summed E-state index contributed by atoms with van der Waals surface area (Å²) in [5.41, 5.74) is 4.44. The zero-order valence-corrected chi connectivity index (χ0v) is 17.2. The van der Waals surface area contributed by atoms with Crippen LogP contribution < -0.4 is 10.6 Å². The summed E-state index contributed by atoms with van der Waals surface area (Å²) in [5, 5.41) is 6.35. The molecule has 1 saturated heterocycles.